The highest BCUT2D eigenvalue weighted by Crippen LogP contribution is 2.31. The average molecular weight is 290 g/mol. The van der Waals surface area contributed by atoms with Crippen LogP contribution in [0, 0.1) is 19.8 Å². The van der Waals surface area contributed by atoms with E-state index in [1.165, 1.54) is 18.4 Å². The maximum Gasteiger partial charge on any atom is 0.151 e. The minimum atomic E-state index is 0.269. The SMILES string of the molecule is Cc1cc(N(CC2CC2)CC2CN(C)CCO2)nnc1C. The van der Waals surface area contributed by atoms with Gasteiger partial charge in [0.1, 0.15) is 0 Å². The van der Waals surface area contributed by atoms with E-state index in [4.69, 9.17) is 4.74 Å². The van der Waals surface area contributed by atoms with Crippen molar-refractivity contribution in [2.24, 2.45) is 5.92 Å². The van der Waals surface area contributed by atoms with Crippen molar-refractivity contribution in [3.8, 4) is 0 Å². The van der Waals surface area contributed by atoms with E-state index < -0.39 is 0 Å². The smallest absolute Gasteiger partial charge is 0.151 e. The molecule has 2 aliphatic rings. The molecular weight excluding hydrogens is 264 g/mol. The molecule has 0 spiro atoms. The van der Waals surface area contributed by atoms with E-state index in [-0.39, 0.29) is 6.10 Å². The molecule has 0 N–H and O–H groups in total. The molecule has 0 aromatic carbocycles. The minimum absolute atomic E-state index is 0.269. The summed E-state index contributed by atoms with van der Waals surface area (Å²) in [6, 6.07) is 2.16. The summed E-state index contributed by atoms with van der Waals surface area (Å²) in [5.41, 5.74) is 2.22. The lowest BCUT2D eigenvalue weighted by atomic mass is 10.2. The Hall–Kier alpha value is -1.20. The molecule has 5 heteroatoms. The molecule has 1 aromatic rings. The van der Waals surface area contributed by atoms with Gasteiger partial charge in [0.25, 0.3) is 0 Å². The van der Waals surface area contributed by atoms with Crippen LogP contribution in [0.4, 0.5) is 5.82 Å². The van der Waals surface area contributed by atoms with Crippen LogP contribution < -0.4 is 4.90 Å². The number of aryl methyl sites for hydroxylation is 2. The summed E-state index contributed by atoms with van der Waals surface area (Å²) in [5, 5.41) is 8.70. The second-order valence-corrected chi connectivity index (χ2v) is 6.57. The van der Waals surface area contributed by atoms with Gasteiger partial charge < -0.3 is 14.5 Å². The van der Waals surface area contributed by atoms with Crippen molar-refractivity contribution in [1.29, 1.82) is 0 Å². The van der Waals surface area contributed by atoms with E-state index in [1.54, 1.807) is 0 Å². The molecule has 3 rings (SSSR count). The van der Waals surface area contributed by atoms with Crippen molar-refractivity contribution in [1.82, 2.24) is 15.1 Å². The third kappa shape index (κ3) is 3.92. The van der Waals surface area contributed by atoms with Crippen LogP contribution >= 0.6 is 0 Å². The number of hydrogen-bond acceptors (Lipinski definition) is 5. The Morgan fingerprint density at radius 1 is 1.29 bits per heavy atom. The molecule has 116 valence electrons. The summed E-state index contributed by atoms with van der Waals surface area (Å²) in [4.78, 5) is 4.72. The molecule has 0 bridgehead atoms. The second kappa shape index (κ2) is 6.28. The number of aromatic nitrogens is 2. The van der Waals surface area contributed by atoms with Crippen LogP contribution in [0.15, 0.2) is 6.07 Å². The Labute approximate surface area is 127 Å². The third-order valence-electron chi connectivity index (χ3n) is 4.48. The molecule has 1 aliphatic carbocycles. The summed E-state index contributed by atoms with van der Waals surface area (Å²) in [5.74, 6) is 1.83. The van der Waals surface area contributed by atoms with Crippen LogP contribution in [0.2, 0.25) is 0 Å². The van der Waals surface area contributed by atoms with Crippen molar-refractivity contribution in [3.63, 3.8) is 0 Å². The molecule has 5 nitrogen and oxygen atoms in total. The molecule has 2 heterocycles. The molecule has 1 saturated carbocycles. The Kier molecular flexibility index (Phi) is 4.40. The van der Waals surface area contributed by atoms with Crippen molar-refractivity contribution < 1.29 is 4.74 Å². The van der Waals surface area contributed by atoms with Gasteiger partial charge in [0.05, 0.1) is 18.4 Å². The van der Waals surface area contributed by atoms with Crippen LogP contribution in [0.1, 0.15) is 24.1 Å². The quantitative estimate of drug-likeness (QED) is 0.824. The second-order valence-electron chi connectivity index (χ2n) is 6.57. The van der Waals surface area contributed by atoms with Crippen LogP contribution in [-0.4, -0.2) is 61.0 Å². The number of morpholine rings is 1. The molecule has 1 unspecified atom stereocenters. The Bertz CT molecular complexity index is 489. The fourth-order valence-electron chi connectivity index (χ4n) is 2.78. The summed E-state index contributed by atoms with van der Waals surface area (Å²) >= 11 is 0. The number of ether oxygens (including phenoxy) is 1. The molecule has 1 aromatic heterocycles. The normalized spacial score (nSPS) is 23.3. The zero-order valence-corrected chi connectivity index (χ0v) is 13.4. The fraction of sp³-hybridized carbons (Fsp3) is 0.750. The maximum absolute atomic E-state index is 5.92. The van der Waals surface area contributed by atoms with Gasteiger partial charge >= 0.3 is 0 Å². The maximum atomic E-state index is 5.92. The van der Waals surface area contributed by atoms with Crippen molar-refractivity contribution >= 4 is 5.82 Å². The minimum Gasteiger partial charge on any atom is -0.374 e. The highest BCUT2D eigenvalue weighted by Gasteiger charge is 2.28. The lowest BCUT2D eigenvalue weighted by Gasteiger charge is -2.34. The Morgan fingerprint density at radius 3 is 2.76 bits per heavy atom. The Morgan fingerprint density at radius 2 is 2.10 bits per heavy atom. The number of nitrogens with zero attached hydrogens (tertiary/aromatic N) is 4. The predicted octanol–water partition coefficient (Wildman–Crippen LogP) is 1.64. The largest absolute Gasteiger partial charge is 0.374 e. The number of rotatable bonds is 5. The van der Waals surface area contributed by atoms with E-state index in [1.807, 2.05) is 6.92 Å². The van der Waals surface area contributed by atoms with Gasteiger partial charge in [-0.25, -0.2) is 0 Å². The van der Waals surface area contributed by atoms with Crippen LogP contribution in [-0.2, 0) is 4.74 Å². The summed E-state index contributed by atoms with van der Waals surface area (Å²) in [6.45, 7) is 8.97. The van der Waals surface area contributed by atoms with Gasteiger partial charge in [-0.2, -0.15) is 5.10 Å². The van der Waals surface area contributed by atoms with Gasteiger partial charge in [-0.1, -0.05) is 0 Å². The van der Waals surface area contributed by atoms with E-state index in [9.17, 15) is 0 Å². The first-order valence-electron chi connectivity index (χ1n) is 7.98. The first kappa shape index (κ1) is 14.7. The standard InChI is InChI=1S/C16H26N4O/c1-12-8-16(18-17-13(12)2)20(9-14-4-5-14)11-15-10-19(3)6-7-21-15/h8,14-15H,4-7,9-11H2,1-3H3. The average Bonchev–Trinajstić information content (AvgIpc) is 3.25. The number of likely N-dealkylation sites (N-methyl/N-ethyl adjacent to an activating group) is 1. The van der Waals surface area contributed by atoms with Gasteiger partial charge in [0.15, 0.2) is 5.82 Å². The lowest BCUT2D eigenvalue weighted by Crippen LogP contribution is -2.46. The molecular formula is C16H26N4O. The van der Waals surface area contributed by atoms with E-state index in [0.717, 1.165) is 50.2 Å². The van der Waals surface area contributed by atoms with Crippen LogP contribution in [0.5, 0.6) is 0 Å². The molecule has 1 saturated heterocycles. The summed E-state index contributed by atoms with van der Waals surface area (Å²) in [6.07, 6.45) is 2.96. The number of hydrogen-bond donors (Lipinski definition) is 0. The number of anilines is 1. The fourth-order valence-corrected chi connectivity index (χ4v) is 2.78. The van der Waals surface area contributed by atoms with Crippen molar-refractivity contribution in [2.45, 2.75) is 32.8 Å². The molecule has 21 heavy (non-hydrogen) atoms. The van der Waals surface area contributed by atoms with Crippen LogP contribution in [0.3, 0.4) is 0 Å². The Balaban J connectivity index is 1.71. The molecule has 0 amide bonds. The zero-order valence-electron chi connectivity index (χ0n) is 13.4. The topological polar surface area (TPSA) is 41.5 Å². The van der Waals surface area contributed by atoms with Gasteiger partial charge in [-0.15, -0.1) is 5.10 Å². The van der Waals surface area contributed by atoms with E-state index in [0.29, 0.717) is 0 Å². The van der Waals surface area contributed by atoms with Gasteiger partial charge in [-0.3, -0.25) is 0 Å². The highest BCUT2D eigenvalue weighted by atomic mass is 16.5. The van der Waals surface area contributed by atoms with Gasteiger partial charge in [-0.05, 0) is 51.3 Å². The molecule has 2 fully saturated rings. The van der Waals surface area contributed by atoms with Crippen molar-refractivity contribution in [2.75, 3.05) is 44.7 Å². The van der Waals surface area contributed by atoms with Gasteiger partial charge in [0, 0.05) is 26.2 Å². The first-order chi connectivity index (χ1) is 10.1. The molecule has 1 atom stereocenters. The molecule has 0 radical (unpaired) electrons. The summed E-state index contributed by atoms with van der Waals surface area (Å²) < 4.78 is 5.92. The monoisotopic (exact) mass is 290 g/mol. The third-order valence-corrected chi connectivity index (χ3v) is 4.48. The zero-order chi connectivity index (χ0) is 14.8. The highest BCUT2D eigenvalue weighted by molar-refractivity contribution is 5.41. The molecule has 1 aliphatic heterocycles. The van der Waals surface area contributed by atoms with E-state index >= 15 is 0 Å². The lowest BCUT2D eigenvalue weighted by molar-refractivity contribution is -0.0149. The van der Waals surface area contributed by atoms with Crippen LogP contribution in [0.25, 0.3) is 0 Å². The summed E-state index contributed by atoms with van der Waals surface area (Å²) in [7, 11) is 2.16. The van der Waals surface area contributed by atoms with E-state index in [2.05, 4.69) is 40.0 Å². The van der Waals surface area contributed by atoms with Gasteiger partial charge in [0.2, 0.25) is 0 Å². The first-order valence-corrected chi connectivity index (χ1v) is 7.98. The predicted molar refractivity (Wildman–Crippen MR) is 83.7 cm³/mol. The van der Waals surface area contributed by atoms with Crippen molar-refractivity contribution in [3.05, 3.63) is 17.3 Å².